The third-order valence-electron chi connectivity index (χ3n) is 4.14. The van der Waals surface area contributed by atoms with E-state index in [2.05, 4.69) is 20.8 Å². The highest BCUT2D eigenvalue weighted by Gasteiger charge is 2.18. The lowest BCUT2D eigenvalue weighted by molar-refractivity contribution is 0.168. The Hall–Kier alpha value is -2.63. The van der Waals surface area contributed by atoms with Gasteiger partial charge in [0.05, 0.1) is 20.8 Å². The first-order valence-electron chi connectivity index (χ1n) is 8.85. The summed E-state index contributed by atoms with van der Waals surface area (Å²) < 4.78 is 35.9. The van der Waals surface area contributed by atoms with E-state index in [1.165, 1.54) is 38.5 Å². The van der Waals surface area contributed by atoms with Gasteiger partial charge in [0, 0.05) is 18.2 Å². The summed E-state index contributed by atoms with van der Waals surface area (Å²) in [5.74, 6) is 0.400. The summed E-state index contributed by atoms with van der Waals surface area (Å²) in [6, 6.07) is 7.37. The maximum absolute atomic E-state index is 14.4. The number of halogens is 1. The first-order valence-corrected chi connectivity index (χ1v) is 8.85. The zero-order chi connectivity index (χ0) is 20.0. The lowest BCUT2D eigenvalue weighted by Gasteiger charge is -2.24. The van der Waals surface area contributed by atoms with Crippen LogP contribution in [0.25, 0.3) is 0 Å². The summed E-state index contributed by atoms with van der Waals surface area (Å²) in [5.41, 5.74) is 0.0273. The molecule has 0 unspecified atom stereocenters. The smallest absolute Gasteiger partial charge is 0.201 e. The highest BCUT2D eigenvalue weighted by Crippen LogP contribution is 2.41. The van der Waals surface area contributed by atoms with Crippen molar-refractivity contribution in [3.05, 3.63) is 36.1 Å². The molecule has 0 aliphatic carbocycles. The standard InChI is InChI=1S/C21H27FO5/c1-6-9-21(2,3)13-26-14-7-8-17(16(22)10-14)27-15-11-18(24-4)20(23)19(12-15)25-5/h7-8,10-12,23H,6,9,13H2,1-5H3. The van der Waals surface area contributed by atoms with Crippen LogP contribution in [0.3, 0.4) is 0 Å². The Morgan fingerprint density at radius 1 is 0.963 bits per heavy atom. The lowest BCUT2D eigenvalue weighted by Crippen LogP contribution is -2.21. The van der Waals surface area contributed by atoms with Gasteiger partial charge in [0.25, 0.3) is 0 Å². The van der Waals surface area contributed by atoms with E-state index < -0.39 is 5.82 Å². The molecule has 148 valence electrons. The van der Waals surface area contributed by atoms with E-state index in [1.807, 2.05) is 0 Å². The van der Waals surface area contributed by atoms with Crippen LogP contribution in [0.1, 0.15) is 33.6 Å². The quantitative estimate of drug-likeness (QED) is 0.620. The van der Waals surface area contributed by atoms with Crippen LogP contribution in [0.4, 0.5) is 4.39 Å². The van der Waals surface area contributed by atoms with Crippen molar-refractivity contribution >= 4 is 0 Å². The minimum atomic E-state index is -0.549. The van der Waals surface area contributed by atoms with Gasteiger partial charge in [-0.3, -0.25) is 0 Å². The molecule has 2 aromatic carbocycles. The van der Waals surface area contributed by atoms with Crippen molar-refractivity contribution in [1.29, 1.82) is 0 Å². The van der Waals surface area contributed by atoms with Gasteiger partial charge in [-0.1, -0.05) is 27.2 Å². The van der Waals surface area contributed by atoms with Crippen molar-refractivity contribution in [2.24, 2.45) is 5.41 Å². The zero-order valence-electron chi connectivity index (χ0n) is 16.5. The van der Waals surface area contributed by atoms with Gasteiger partial charge in [0.2, 0.25) is 5.75 Å². The van der Waals surface area contributed by atoms with Crippen LogP contribution >= 0.6 is 0 Å². The van der Waals surface area contributed by atoms with Crippen LogP contribution in [-0.2, 0) is 0 Å². The van der Waals surface area contributed by atoms with Gasteiger partial charge in [-0.2, -0.15) is 0 Å². The lowest BCUT2D eigenvalue weighted by atomic mass is 9.89. The largest absolute Gasteiger partial charge is 0.502 e. The van der Waals surface area contributed by atoms with E-state index in [0.717, 1.165) is 12.8 Å². The molecular weight excluding hydrogens is 351 g/mol. The van der Waals surface area contributed by atoms with Crippen molar-refractivity contribution in [3.63, 3.8) is 0 Å². The number of benzene rings is 2. The second-order valence-corrected chi connectivity index (χ2v) is 7.07. The molecule has 1 N–H and O–H groups in total. The number of rotatable bonds is 9. The fourth-order valence-electron chi connectivity index (χ4n) is 2.74. The molecule has 6 heteroatoms. The monoisotopic (exact) mass is 378 g/mol. The van der Waals surface area contributed by atoms with Crippen LogP contribution in [0.15, 0.2) is 30.3 Å². The van der Waals surface area contributed by atoms with Gasteiger partial charge in [-0.25, -0.2) is 4.39 Å². The minimum Gasteiger partial charge on any atom is -0.502 e. The van der Waals surface area contributed by atoms with E-state index in [1.54, 1.807) is 6.07 Å². The number of hydrogen-bond acceptors (Lipinski definition) is 5. The maximum Gasteiger partial charge on any atom is 0.201 e. The molecule has 0 aromatic heterocycles. The summed E-state index contributed by atoms with van der Waals surface area (Å²) >= 11 is 0. The minimum absolute atomic E-state index is 0.0273. The molecule has 2 aromatic rings. The molecule has 0 amide bonds. The summed E-state index contributed by atoms with van der Waals surface area (Å²) in [6.07, 6.45) is 2.10. The Morgan fingerprint density at radius 3 is 2.11 bits per heavy atom. The first-order chi connectivity index (χ1) is 12.8. The van der Waals surface area contributed by atoms with Gasteiger partial charge >= 0.3 is 0 Å². The average Bonchev–Trinajstić information content (AvgIpc) is 2.63. The van der Waals surface area contributed by atoms with E-state index in [0.29, 0.717) is 12.4 Å². The highest BCUT2D eigenvalue weighted by molar-refractivity contribution is 5.55. The zero-order valence-corrected chi connectivity index (χ0v) is 16.5. The predicted molar refractivity (Wildman–Crippen MR) is 102 cm³/mol. The molecule has 0 saturated heterocycles. The molecule has 0 saturated carbocycles. The van der Waals surface area contributed by atoms with Gasteiger partial charge < -0.3 is 24.1 Å². The Kier molecular flexibility index (Phi) is 6.77. The molecule has 5 nitrogen and oxygen atoms in total. The molecule has 0 aliphatic heterocycles. The SMILES string of the molecule is CCCC(C)(C)COc1ccc(Oc2cc(OC)c(O)c(OC)c2)c(F)c1. The third kappa shape index (κ3) is 5.42. The molecular formula is C21H27FO5. The first kappa shape index (κ1) is 20.7. The van der Waals surface area contributed by atoms with Crippen molar-refractivity contribution in [2.45, 2.75) is 33.6 Å². The Labute approximate surface area is 159 Å². The molecule has 0 bridgehead atoms. The summed E-state index contributed by atoms with van der Waals surface area (Å²) in [7, 11) is 2.82. The number of phenols is 1. The third-order valence-corrected chi connectivity index (χ3v) is 4.14. The average molecular weight is 378 g/mol. The van der Waals surface area contributed by atoms with Crippen LogP contribution in [0, 0.1) is 11.2 Å². The van der Waals surface area contributed by atoms with Crippen LogP contribution in [0.5, 0.6) is 34.5 Å². The number of aromatic hydroxyl groups is 1. The highest BCUT2D eigenvalue weighted by atomic mass is 19.1. The van der Waals surface area contributed by atoms with Gasteiger partial charge in [-0.05, 0) is 24.0 Å². The molecule has 0 aliphatic rings. The topological polar surface area (TPSA) is 57.2 Å². The number of phenolic OH excluding ortho intramolecular Hbond substituents is 1. The van der Waals surface area contributed by atoms with Gasteiger partial charge in [0.1, 0.15) is 11.5 Å². The normalized spacial score (nSPS) is 11.2. The predicted octanol–water partition coefficient (Wildman–Crippen LogP) is 5.55. The molecule has 0 spiro atoms. The molecule has 0 fully saturated rings. The van der Waals surface area contributed by atoms with E-state index in [4.69, 9.17) is 18.9 Å². The Balaban J connectivity index is 2.15. The van der Waals surface area contributed by atoms with E-state index in [9.17, 15) is 9.50 Å². The van der Waals surface area contributed by atoms with E-state index in [-0.39, 0.29) is 34.2 Å². The summed E-state index contributed by atoms with van der Waals surface area (Å²) in [6.45, 7) is 6.87. The molecule has 27 heavy (non-hydrogen) atoms. The van der Waals surface area contributed by atoms with Crippen molar-refractivity contribution in [2.75, 3.05) is 20.8 Å². The van der Waals surface area contributed by atoms with Crippen molar-refractivity contribution < 1.29 is 28.4 Å². The Morgan fingerprint density at radius 2 is 1.59 bits per heavy atom. The number of ether oxygens (including phenoxy) is 4. The second-order valence-electron chi connectivity index (χ2n) is 7.07. The van der Waals surface area contributed by atoms with Crippen LogP contribution in [0.2, 0.25) is 0 Å². The second kappa shape index (κ2) is 8.84. The number of methoxy groups -OCH3 is 2. The van der Waals surface area contributed by atoms with Gasteiger partial charge in [0.15, 0.2) is 23.1 Å². The molecule has 0 heterocycles. The van der Waals surface area contributed by atoms with Gasteiger partial charge in [-0.15, -0.1) is 0 Å². The molecule has 0 radical (unpaired) electrons. The Bertz CT molecular complexity index is 748. The van der Waals surface area contributed by atoms with Crippen LogP contribution in [-0.4, -0.2) is 25.9 Å². The maximum atomic E-state index is 14.4. The van der Waals surface area contributed by atoms with Crippen molar-refractivity contribution in [3.8, 4) is 34.5 Å². The fraction of sp³-hybridized carbons (Fsp3) is 0.429. The van der Waals surface area contributed by atoms with E-state index >= 15 is 0 Å². The molecule has 0 atom stereocenters. The summed E-state index contributed by atoms with van der Waals surface area (Å²) in [4.78, 5) is 0. The fourth-order valence-corrected chi connectivity index (χ4v) is 2.74. The van der Waals surface area contributed by atoms with Crippen LogP contribution < -0.4 is 18.9 Å². The number of hydrogen-bond donors (Lipinski definition) is 1. The van der Waals surface area contributed by atoms with Crippen molar-refractivity contribution in [1.82, 2.24) is 0 Å². The summed E-state index contributed by atoms with van der Waals surface area (Å²) in [5, 5.41) is 9.94. The molecule has 2 rings (SSSR count).